The van der Waals surface area contributed by atoms with E-state index in [0.29, 0.717) is 5.56 Å². The molecule has 0 aromatic heterocycles. The molecule has 0 saturated heterocycles. The molecule has 10 heteroatoms. The van der Waals surface area contributed by atoms with E-state index in [1.165, 1.54) is 24.3 Å². The number of benzene rings is 3. The zero-order chi connectivity index (χ0) is 26.6. The number of non-ortho nitro benzene ring substituents is 1. The summed E-state index contributed by atoms with van der Waals surface area (Å²) in [5.41, 5.74) is 7.53. The molecule has 2 amide bonds. The lowest BCUT2D eigenvalue weighted by molar-refractivity contribution is -0.384. The number of ether oxygens (including phenoxy) is 1. The van der Waals surface area contributed by atoms with Gasteiger partial charge in [0.2, 0.25) is 11.8 Å². The van der Waals surface area contributed by atoms with Crippen molar-refractivity contribution in [2.75, 3.05) is 6.54 Å². The predicted octanol–water partition coefficient (Wildman–Crippen LogP) is 2.05. The molecule has 0 bridgehead atoms. The van der Waals surface area contributed by atoms with Gasteiger partial charge in [-0.3, -0.25) is 19.7 Å². The minimum absolute atomic E-state index is 0.0757. The topological polar surface area (TPSA) is 154 Å². The van der Waals surface area contributed by atoms with Crippen molar-refractivity contribution in [1.82, 2.24) is 10.6 Å². The summed E-state index contributed by atoms with van der Waals surface area (Å²) >= 11 is 0. The molecule has 3 aromatic carbocycles. The first-order valence-corrected chi connectivity index (χ1v) is 11.6. The van der Waals surface area contributed by atoms with Crippen LogP contribution in [-0.4, -0.2) is 41.3 Å². The summed E-state index contributed by atoms with van der Waals surface area (Å²) in [6, 6.07) is 21.9. The molecule has 0 radical (unpaired) electrons. The second-order valence-corrected chi connectivity index (χ2v) is 8.30. The summed E-state index contributed by atoms with van der Waals surface area (Å²) in [6.45, 7) is -0.418. The van der Waals surface area contributed by atoms with Crippen molar-refractivity contribution in [3.63, 3.8) is 0 Å². The van der Waals surface area contributed by atoms with Crippen LogP contribution in [0, 0.1) is 10.1 Å². The van der Waals surface area contributed by atoms with Crippen LogP contribution in [0.3, 0.4) is 0 Å². The van der Waals surface area contributed by atoms with Crippen LogP contribution in [0.5, 0.6) is 0 Å². The molecule has 37 heavy (non-hydrogen) atoms. The van der Waals surface area contributed by atoms with Crippen LogP contribution in [0.4, 0.5) is 5.69 Å². The second kappa shape index (κ2) is 13.5. The number of hydrogen-bond acceptors (Lipinski definition) is 7. The summed E-state index contributed by atoms with van der Waals surface area (Å²) in [5.74, 6) is -1.74. The summed E-state index contributed by atoms with van der Waals surface area (Å²) < 4.78 is 5.43. The molecule has 3 aromatic rings. The molecule has 0 heterocycles. The lowest BCUT2D eigenvalue weighted by atomic mass is 10.0. The number of nitrogens with zero attached hydrogens (tertiary/aromatic N) is 1. The van der Waals surface area contributed by atoms with E-state index < -0.39 is 34.8 Å². The highest BCUT2D eigenvalue weighted by molar-refractivity contribution is 5.91. The van der Waals surface area contributed by atoms with Crippen molar-refractivity contribution in [2.24, 2.45) is 5.73 Å². The number of nitrogens with two attached hydrogens (primary N) is 1. The molecule has 0 aliphatic rings. The molecule has 3 rings (SSSR count). The predicted molar refractivity (Wildman–Crippen MR) is 136 cm³/mol. The SMILES string of the molecule is NCC(=O)N[C@H](Cc1ccccc1)C(=O)N[C@@H](Cc1ccccc1)C(=O)OCc1ccc([N+](=O)[O-])cc1. The Kier molecular flexibility index (Phi) is 9.86. The van der Waals surface area contributed by atoms with E-state index in [-0.39, 0.29) is 31.7 Å². The highest BCUT2D eigenvalue weighted by Crippen LogP contribution is 2.14. The number of carbonyl (C=O) groups is 3. The van der Waals surface area contributed by atoms with Gasteiger partial charge in [-0.25, -0.2) is 4.79 Å². The van der Waals surface area contributed by atoms with Gasteiger partial charge in [-0.1, -0.05) is 60.7 Å². The maximum Gasteiger partial charge on any atom is 0.329 e. The van der Waals surface area contributed by atoms with E-state index in [0.717, 1.165) is 11.1 Å². The molecular weight excluding hydrogens is 476 g/mol. The molecule has 192 valence electrons. The minimum atomic E-state index is -1.04. The maximum atomic E-state index is 13.2. The molecule has 0 aliphatic carbocycles. The fourth-order valence-electron chi connectivity index (χ4n) is 3.60. The van der Waals surface area contributed by atoms with E-state index >= 15 is 0 Å². The number of amides is 2. The molecule has 0 fully saturated rings. The number of esters is 1. The van der Waals surface area contributed by atoms with Crippen LogP contribution in [-0.2, 0) is 38.6 Å². The lowest BCUT2D eigenvalue weighted by Gasteiger charge is -2.23. The third-order valence-electron chi connectivity index (χ3n) is 5.53. The fraction of sp³-hybridized carbons (Fsp3) is 0.222. The molecule has 0 spiro atoms. The number of carbonyl (C=O) groups excluding carboxylic acids is 3. The second-order valence-electron chi connectivity index (χ2n) is 8.30. The Hall–Kier alpha value is -4.57. The third-order valence-corrected chi connectivity index (χ3v) is 5.53. The number of nitrogens with one attached hydrogen (secondary N) is 2. The normalized spacial score (nSPS) is 12.1. The third kappa shape index (κ3) is 8.55. The van der Waals surface area contributed by atoms with Crippen molar-refractivity contribution in [3.8, 4) is 0 Å². The lowest BCUT2D eigenvalue weighted by Crippen LogP contribution is -2.54. The Morgan fingerprint density at radius 1 is 0.784 bits per heavy atom. The summed E-state index contributed by atoms with van der Waals surface area (Å²) in [5, 5.41) is 16.2. The molecule has 4 N–H and O–H groups in total. The van der Waals surface area contributed by atoms with Gasteiger partial charge in [-0.15, -0.1) is 0 Å². The van der Waals surface area contributed by atoms with Crippen LogP contribution < -0.4 is 16.4 Å². The number of nitro benzene ring substituents is 1. The number of rotatable bonds is 12. The van der Waals surface area contributed by atoms with Crippen LogP contribution in [0.15, 0.2) is 84.9 Å². The summed E-state index contributed by atoms with van der Waals surface area (Å²) in [6.07, 6.45) is 0.364. The van der Waals surface area contributed by atoms with Gasteiger partial charge in [0.05, 0.1) is 11.5 Å². The summed E-state index contributed by atoms with van der Waals surface area (Å²) in [4.78, 5) is 48.6. The van der Waals surface area contributed by atoms with Gasteiger partial charge < -0.3 is 21.1 Å². The number of hydrogen-bond donors (Lipinski definition) is 3. The van der Waals surface area contributed by atoms with Gasteiger partial charge >= 0.3 is 5.97 Å². The van der Waals surface area contributed by atoms with E-state index in [9.17, 15) is 24.5 Å². The minimum Gasteiger partial charge on any atom is -0.459 e. The monoisotopic (exact) mass is 504 g/mol. The van der Waals surface area contributed by atoms with Crippen LogP contribution in [0.1, 0.15) is 16.7 Å². The first-order chi connectivity index (χ1) is 17.9. The van der Waals surface area contributed by atoms with Crippen molar-refractivity contribution >= 4 is 23.5 Å². The van der Waals surface area contributed by atoms with Gasteiger partial charge in [-0.2, -0.15) is 0 Å². The van der Waals surface area contributed by atoms with Gasteiger partial charge in [0.25, 0.3) is 5.69 Å². The Morgan fingerprint density at radius 3 is 1.84 bits per heavy atom. The molecule has 10 nitrogen and oxygen atoms in total. The fourth-order valence-corrected chi connectivity index (χ4v) is 3.60. The van der Waals surface area contributed by atoms with Gasteiger partial charge in [0, 0.05) is 25.0 Å². The van der Waals surface area contributed by atoms with Crippen LogP contribution in [0.2, 0.25) is 0 Å². The molecule has 0 aliphatic heterocycles. The van der Waals surface area contributed by atoms with E-state index in [4.69, 9.17) is 10.5 Å². The quantitative estimate of drug-likeness (QED) is 0.194. The average molecular weight is 505 g/mol. The Bertz CT molecular complexity index is 1200. The zero-order valence-electron chi connectivity index (χ0n) is 20.0. The van der Waals surface area contributed by atoms with Crippen molar-refractivity contribution in [3.05, 3.63) is 112 Å². The Morgan fingerprint density at radius 2 is 1.32 bits per heavy atom. The molecule has 0 saturated carbocycles. The van der Waals surface area contributed by atoms with Gasteiger partial charge in [0.1, 0.15) is 18.7 Å². The maximum absolute atomic E-state index is 13.2. The zero-order valence-corrected chi connectivity index (χ0v) is 20.0. The molecular formula is C27H28N4O6. The van der Waals surface area contributed by atoms with Gasteiger partial charge in [0.15, 0.2) is 0 Å². The van der Waals surface area contributed by atoms with E-state index in [2.05, 4.69) is 10.6 Å². The van der Waals surface area contributed by atoms with E-state index in [1.54, 1.807) is 0 Å². The molecule has 2 atom stereocenters. The number of nitro groups is 1. The first kappa shape index (κ1) is 27.0. The average Bonchev–Trinajstić information content (AvgIpc) is 2.92. The largest absolute Gasteiger partial charge is 0.459 e. The van der Waals surface area contributed by atoms with Crippen molar-refractivity contribution in [2.45, 2.75) is 31.5 Å². The standard InChI is InChI=1S/C27H28N4O6/c28-17-25(32)29-23(15-19-7-3-1-4-8-19)26(33)30-24(16-20-9-5-2-6-10-20)27(34)37-18-21-11-13-22(14-12-21)31(35)36/h1-14,23-24H,15-18,28H2,(H,29,32)(H,30,33)/t23-,24+/m1/s1. The summed E-state index contributed by atoms with van der Waals surface area (Å²) in [7, 11) is 0. The van der Waals surface area contributed by atoms with Crippen LogP contribution >= 0.6 is 0 Å². The van der Waals surface area contributed by atoms with Crippen LogP contribution in [0.25, 0.3) is 0 Å². The van der Waals surface area contributed by atoms with E-state index in [1.807, 2.05) is 60.7 Å². The smallest absolute Gasteiger partial charge is 0.329 e. The Balaban J connectivity index is 1.74. The highest BCUT2D eigenvalue weighted by atomic mass is 16.6. The molecule has 0 unspecified atom stereocenters. The van der Waals surface area contributed by atoms with Crippen molar-refractivity contribution in [1.29, 1.82) is 0 Å². The highest BCUT2D eigenvalue weighted by Gasteiger charge is 2.28. The Labute approximate surface area is 214 Å². The first-order valence-electron chi connectivity index (χ1n) is 11.6. The van der Waals surface area contributed by atoms with Gasteiger partial charge in [-0.05, 0) is 28.8 Å². The van der Waals surface area contributed by atoms with Crippen molar-refractivity contribution < 1.29 is 24.0 Å².